The van der Waals surface area contributed by atoms with E-state index in [-0.39, 0.29) is 5.92 Å². The molecule has 3 aromatic carbocycles. The van der Waals surface area contributed by atoms with Crippen LogP contribution in [0, 0.1) is 13.8 Å². The molecule has 0 saturated carbocycles. The van der Waals surface area contributed by atoms with Crippen molar-refractivity contribution in [3.63, 3.8) is 0 Å². The van der Waals surface area contributed by atoms with Crippen molar-refractivity contribution in [3.05, 3.63) is 82.9 Å². The Morgan fingerprint density at radius 2 is 1.64 bits per heavy atom. The quantitative estimate of drug-likeness (QED) is 0.417. The lowest BCUT2D eigenvalue weighted by atomic mass is 10.0. The number of hydrogen-bond donors (Lipinski definition) is 2. The summed E-state index contributed by atoms with van der Waals surface area (Å²) >= 11 is 1.67. The number of ether oxygens (including phenoxy) is 1. The second-order valence-corrected chi connectivity index (χ2v) is 8.07. The summed E-state index contributed by atoms with van der Waals surface area (Å²) in [5.74, 6) is 3.05. The Bertz CT molecular complexity index is 916. The Morgan fingerprint density at radius 3 is 2.29 bits per heavy atom. The van der Waals surface area contributed by atoms with Crippen molar-refractivity contribution >= 4 is 17.6 Å². The topological polar surface area (TPSA) is 41.5 Å². The minimum absolute atomic E-state index is 0.235. The molecule has 4 heteroatoms. The Labute approximate surface area is 171 Å². The van der Waals surface area contributed by atoms with Crippen LogP contribution in [0.15, 0.2) is 60.7 Å². The maximum Gasteiger partial charge on any atom is 0.133 e. The largest absolute Gasteiger partial charge is 0.508 e. The van der Waals surface area contributed by atoms with Gasteiger partial charge in [-0.25, -0.2) is 0 Å². The molecule has 0 saturated heterocycles. The molecule has 0 spiro atoms. The van der Waals surface area contributed by atoms with Crippen molar-refractivity contribution in [2.45, 2.75) is 39.4 Å². The van der Waals surface area contributed by atoms with Crippen molar-refractivity contribution < 1.29 is 9.84 Å². The highest BCUT2D eigenvalue weighted by Gasteiger charge is 2.11. The molecule has 0 fully saturated rings. The minimum atomic E-state index is 0.235. The predicted molar refractivity (Wildman–Crippen MR) is 120 cm³/mol. The molecule has 0 amide bonds. The molecule has 3 rings (SSSR count). The number of hydrogen-bond acceptors (Lipinski definition) is 4. The number of benzene rings is 3. The van der Waals surface area contributed by atoms with Gasteiger partial charge in [0, 0.05) is 17.0 Å². The third-order valence-corrected chi connectivity index (χ3v) is 5.43. The molecule has 0 aliphatic rings. The molecule has 0 aliphatic carbocycles. The molecule has 0 atom stereocenters. The van der Waals surface area contributed by atoms with E-state index in [1.54, 1.807) is 18.0 Å². The molecule has 3 aromatic rings. The molecule has 146 valence electrons. The van der Waals surface area contributed by atoms with Gasteiger partial charge in [-0.05, 0) is 78.7 Å². The van der Waals surface area contributed by atoms with Crippen molar-refractivity contribution in [1.82, 2.24) is 0 Å². The summed E-state index contributed by atoms with van der Waals surface area (Å²) in [6.07, 6.45) is 0. The first-order valence-corrected chi connectivity index (χ1v) is 10.5. The Balaban J connectivity index is 1.71. The van der Waals surface area contributed by atoms with Crippen LogP contribution < -0.4 is 9.46 Å². The van der Waals surface area contributed by atoms with Gasteiger partial charge in [0.25, 0.3) is 0 Å². The fourth-order valence-electron chi connectivity index (χ4n) is 3.12. The number of aryl methyl sites for hydroxylation is 2. The highest BCUT2D eigenvalue weighted by Crippen LogP contribution is 2.35. The summed E-state index contributed by atoms with van der Waals surface area (Å²) in [4.78, 5) is 0. The molecule has 0 unspecified atom stereocenters. The van der Waals surface area contributed by atoms with Crippen molar-refractivity contribution in [2.75, 3.05) is 4.72 Å². The van der Waals surface area contributed by atoms with Crippen LogP contribution in [-0.4, -0.2) is 5.11 Å². The van der Waals surface area contributed by atoms with E-state index in [9.17, 15) is 5.11 Å². The van der Waals surface area contributed by atoms with Gasteiger partial charge >= 0.3 is 0 Å². The van der Waals surface area contributed by atoms with Crippen LogP contribution in [0.2, 0.25) is 0 Å². The summed E-state index contributed by atoms with van der Waals surface area (Å²) in [5, 5.41) is 10.0. The van der Waals surface area contributed by atoms with E-state index < -0.39 is 0 Å². The van der Waals surface area contributed by atoms with Gasteiger partial charge in [0.05, 0.1) is 0 Å². The van der Waals surface area contributed by atoms with Gasteiger partial charge in [-0.3, -0.25) is 0 Å². The maximum absolute atomic E-state index is 10.0. The number of phenols is 1. The number of nitrogens with one attached hydrogen (secondary N) is 1. The van der Waals surface area contributed by atoms with Gasteiger partial charge in [0.15, 0.2) is 0 Å². The summed E-state index contributed by atoms with van der Waals surface area (Å²) in [6, 6.07) is 20.0. The van der Waals surface area contributed by atoms with Crippen LogP contribution in [0.4, 0.5) is 5.69 Å². The molecular weight excluding hydrogens is 366 g/mol. The van der Waals surface area contributed by atoms with E-state index in [0.29, 0.717) is 5.75 Å². The van der Waals surface area contributed by atoms with Crippen LogP contribution in [-0.2, 0) is 5.75 Å². The molecule has 2 N–H and O–H groups in total. The van der Waals surface area contributed by atoms with E-state index in [1.807, 2.05) is 18.2 Å². The zero-order chi connectivity index (χ0) is 20.1. The van der Waals surface area contributed by atoms with Crippen LogP contribution in [0.1, 0.15) is 42.0 Å². The average Bonchev–Trinajstić information content (AvgIpc) is 2.66. The first-order valence-electron chi connectivity index (χ1n) is 9.48. The van der Waals surface area contributed by atoms with Gasteiger partial charge in [-0.2, -0.15) is 0 Å². The highest BCUT2D eigenvalue weighted by atomic mass is 32.2. The summed E-state index contributed by atoms with van der Waals surface area (Å²) < 4.78 is 9.59. The first kappa shape index (κ1) is 20.2. The number of aromatic hydroxyl groups is 1. The standard InChI is InChI=1S/C24H27NO2S/c1-16(2)22-14-21(10-11-23(22)26)27-24-17(3)12-20(13-18(24)4)25-28-15-19-8-6-5-7-9-19/h5-14,16,25-26H,15H2,1-4H3. The lowest BCUT2D eigenvalue weighted by Gasteiger charge is -2.16. The Morgan fingerprint density at radius 1 is 0.964 bits per heavy atom. The fraction of sp³-hybridized carbons (Fsp3) is 0.250. The minimum Gasteiger partial charge on any atom is -0.508 e. The van der Waals surface area contributed by atoms with Crippen LogP contribution in [0.3, 0.4) is 0 Å². The molecule has 0 aromatic heterocycles. The third-order valence-electron chi connectivity index (χ3n) is 4.57. The van der Waals surface area contributed by atoms with Crippen molar-refractivity contribution in [1.29, 1.82) is 0 Å². The lowest BCUT2D eigenvalue weighted by Crippen LogP contribution is -1.96. The van der Waals surface area contributed by atoms with Gasteiger partial charge in [-0.1, -0.05) is 44.2 Å². The summed E-state index contributed by atoms with van der Waals surface area (Å²) in [6.45, 7) is 8.23. The molecule has 28 heavy (non-hydrogen) atoms. The molecule has 0 bridgehead atoms. The van der Waals surface area contributed by atoms with Gasteiger partial charge in [-0.15, -0.1) is 0 Å². The van der Waals surface area contributed by atoms with Gasteiger partial charge in [0.2, 0.25) is 0 Å². The number of rotatable bonds is 7. The summed E-state index contributed by atoms with van der Waals surface area (Å²) in [7, 11) is 0. The third kappa shape index (κ3) is 5.02. The molecule has 0 heterocycles. The van der Waals surface area contributed by atoms with E-state index in [4.69, 9.17) is 4.74 Å². The SMILES string of the molecule is Cc1cc(NSCc2ccccc2)cc(C)c1Oc1ccc(O)c(C(C)C)c1. The molecular formula is C24H27NO2S. The summed E-state index contributed by atoms with van der Waals surface area (Å²) in [5.41, 5.74) is 5.39. The zero-order valence-corrected chi connectivity index (χ0v) is 17.6. The smallest absolute Gasteiger partial charge is 0.133 e. The zero-order valence-electron chi connectivity index (χ0n) is 16.8. The number of anilines is 1. The average molecular weight is 394 g/mol. The first-order chi connectivity index (χ1) is 13.4. The fourth-order valence-corrected chi connectivity index (χ4v) is 3.84. The van der Waals surface area contributed by atoms with E-state index in [0.717, 1.165) is 39.6 Å². The Kier molecular flexibility index (Phi) is 6.53. The van der Waals surface area contributed by atoms with Crippen LogP contribution in [0.25, 0.3) is 0 Å². The Hall–Kier alpha value is -2.59. The van der Waals surface area contributed by atoms with Crippen LogP contribution in [0.5, 0.6) is 17.2 Å². The van der Waals surface area contributed by atoms with E-state index in [1.165, 1.54) is 5.56 Å². The second-order valence-electron chi connectivity index (χ2n) is 7.29. The van der Waals surface area contributed by atoms with Gasteiger partial charge < -0.3 is 14.6 Å². The lowest BCUT2D eigenvalue weighted by molar-refractivity contribution is 0.452. The molecule has 0 aliphatic heterocycles. The normalized spacial score (nSPS) is 10.9. The molecule has 0 radical (unpaired) electrons. The maximum atomic E-state index is 10.0. The van der Waals surface area contributed by atoms with Crippen molar-refractivity contribution in [3.8, 4) is 17.2 Å². The van der Waals surface area contributed by atoms with Gasteiger partial charge in [0.1, 0.15) is 17.2 Å². The van der Waals surface area contributed by atoms with Crippen molar-refractivity contribution in [2.24, 2.45) is 0 Å². The monoisotopic (exact) mass is 393 g/mol. The number of phenolic OH excluding ortho intramolecular Hbond substituents is 1. The van der Waals surface area contributed by atoms with E-state index in [2.05, 4.69) is 68.8 Å². The highest BCUT2D eigenvalue weighted by molar-refractivity contribution is 7.99. The second kappa shape index (κ2) is 9.07. The van der Waals surface area contributed by atoms with Crippen LogP contribution >= 0.6 is 11.9 Å². The van der Waals surface area contributed by atoms with E-state index >= 15 is 0 Å². The molecule has 3 nitrogen and oxygen atoms in total. The predicted octanol–water partition coefficient (Wildman–Crippen LogP) is 7.19.